The second kappa shape index (κ2) is 6.52. The van der Waals surface area contributed by atoms with Crippen LogP contribution in [-0.2, 0) is 0 Å². The summed E-state index contributed by atoms with van der Waals surface area (Å²) in [4.78, 5) is 10.1. The van der Waals surface area contributed by atoms with Gasteiger partial charge in [-0.1, -0.05) is 13.8 Å². The molecule has 0 saturated carbocycles. The van der Waals surface area contributed by atoms with Gasteiger partial charge < -0.3 is 10.4 Å². The van der Waals surface area contributed by atoms with Gasteiger partial charge in [0, 0.05) is 24.4 Å². The van der Waals surface area contributed by atoms with E-state index in [1.807, 2.05) is 0 Å². The van der Waals surface area contributed by atoms with E-state index in [1.165, 1.54) is 12.1 Å². The van der Waals surface area contributed by atoms with Crippen LogP contribution in [0.3, 0.4) is 0 Å². The van der Waals surface area contributed by atoms with Crippen LogP contribution in [0.5, 0.6) is 0 Å². The first-order valence-corrected chi connectivity index (χ1v) is 6.51. The minimum atomic E-state index is -0.772. The fourth-order valence-electron chi connectivity index (χ4n) is 1.68. The van der Waals surface area contributed by atoms with Gasteiger partial charge in [-0.25, -0.2) is 0 Å². The predicted molar refractivity (Wildman–Crippen MR) is 76.3 cm³/mol. The third kappa shape index (κ3) is 5.70. The van der Waals surface area contributed by atoms with Crippen molar-refractivity contribution in [1.29, 1.82) is 0 Å². The summed E-state index contributed by atoms with van der Waals surface area (Å²) in [5.74, 6) is 0.561. The van der Waals surface area contributed by atoms with Crippen LogP contribution < -0.4 is 5.32 Å². The largest absolute Gasteiger partial charge is 0.388 e. The molecule has 0 aliphatic rings. The van der Waals surface area contributed by atoms with Crippen LogP contribution in [0.4, 0.5) is 11.4 Å². The Morgan fingerprint density at radius 2 is 1.95 bits per heavy atom. The number of nitro groups is 1. The van der Waals surface area contributed by atoms with Gasteiger partial charge in [-0.2, -0.15) is 0 Å². The predicted octanol–water partition coefficient (Wildman–Crippen LogP) is 3.19. The quantitative estimate of drug-likeness (QED) is 0.587. The number of hydrogen-bond donors (Lipinski definition) is 2. The Labute approximate surface area is 113 Å². The van der Waals surface area contributed by atoms with Crippen molar-refractivity contribution in [3.63, 3.8) is 0 Å². The summed E-state index contributed by atoms with van der Waals surface area (Å²) < 4.78 is 0. The molecule has 1 rings (SSSR count). The van der Waals surface area contributed by atoms with E-state index in [1.54, 1.807) is 19.1 Å². The number of nitrogens with one attached hydrogen (secondary N) is 1. The van der Waals surface area contributed by atoms with Gasteiger partial charge in [0.1, 0.15) is 0 Å². The van der Waals surface area contributed by atoms with E-state index in [-0.39, 0.29) is 5.69 Å². The molecule has 1 atom stereocenters. The van der Waals surface area contributed by atoms with Crippen molar-refractivity contribution in [3.05, 3.63) is 34.4 Å². The minimum Gasteiger partial charge on any atom is -0.388 e. The monoisotopic (exact) mass is 266 g/mol. The second-order valence-corrected chi connectivity index (χ2v) is 5.59. The molecule has 5 nitrogen and oxygen atoms in total. The van der Waals surface area contributed by atoms with Crippen LogP contribution in [0.25, 0.3) is 0 Å². The molecule has 0 heterocycles. The molecule has 106 valence electrons. The highest BCUT2D eigenvalue weighted by Crippen LogP contribution is 2.19. The lowest BCUT2D eigenvalue weighted by Gasteiger charge is -2.25. The molecule has 0 bridgehead atoms. The lowest BCUT2D eigenvalue weighted by Crippen LogP contribution is -2.33. The zero-order chi connectivity index (χ0) is 14.5. The Balaban J connectivity index is 2.49. The molecule has 0 fully saturated rings. The SMILES string of the molecule is CC(C)CCC(C)(O)CNc1ccc([N+](=O)[O-])cc1. The van der Waals surface area contributed by atoms with Crippen LogP contribution in [-0.4, -0.2) is 22.2 Å². The van der Waals surface area contributed by atoms with Gasteiger partial charge in [0.25, 0.3) is 5.69 Å². The van der Waals surface area contributed by atoms with E-state index in [2.05, 4.69) is 19.2 Å². The number of benzene rings is 1. The van der Waals surface area contributed by atoms with E-state index >= 15 is 0 Å². The Hall–Kier alpha value is -1.62. The normalized spacial score (nSPS) is 14.2. The summed E-state index contributed by atoms with van der Waals surface area (Å²) in [6.45, 7) is 6.48. The molecule has 0 aromatic heterocycles. The van der Waals surface area contributed by atoms with Crippen LogP contribution in [0, 0.1) is 16.0 Å². The molecular formula is C14H22N2O3. The van der Waals surface area contributed by atoms with E-state index in [9.17, 15) is 15.2 Å². The topological polar surface area (TPSA) is 75.4 Å². The average Bonchev–Trinajstić information content (AvgIpc) is 2.35. The molecule has 1 aromatic rings. The first-order valence-electron chi connectivity index (χ1n) is 6.51. The van der Waals surface area contributed by atoms with Gasteiger partial charge in [-0.3, -0.25) is 10.1 Å². The number of non-ortho nitro benzene ring substituents is 1. The summed E-state index contributed by atoms with van der Waals surface area (Å²) in [6.07, 6.45) is 1.69. The Morgan fingerprint density at radius 3 is 2.42 bits per heavy atom. The van der Waals surface area contributed by atoms with Gasteiger partial charge in [0.05, 0.1) is 10.5 Å². The first-order chi connectivity index (χ1) is 8.80. The number of rotatable bonds is 7. The van der Waals surface area contributed by atoms with Gasteiger partial charge >= 0.3 is 0 Å². The van der Waals surface area contributed by atoms with Gasteiger partial charge in [0.2, 0.25) is 0 Å². The molecule has 1 unspecified atom stereocenters. The second-order valence-electron chi connectivity index (χ2n) is 5.59. The van der Waals surface area contributed by atoms with Gasteiger partial charge in [-0.15, -0.1) is 0 Å². The van der Waals surface area contributed by atoms with Gasteiger partial charge in [-0.05, 0) is 37.8 Å². The highest BCUT2D eigenvalue weighted by molar-refractivity contribution is 5.48. The zero-order valence-electron chi connectivity index (χ0n) is 11.7. The highest BCUT2D eigenvalue weighted by Gasteiger charge is 2.20. The summed E-state index contributed by atoms with van der Waals surface area (Å²) in [6, 6.07) is 6.20. The maximum Gasteiger partial charge on any atom is 0.269 e. The minimum absolute atomic E-state index is 0.0668. The van der Waals surface area contributed by atoms with E-state index < -0.39 is 10.5 Å². The standard InChI is InChI=1S/C14H22N2O3/c1-11(2)8-9-14(3,17)10-15-12-4-6-13(7-5-12)16(18)19/h4-7,11,15,17H,8-10H2,1-3H3. The molecule has 2 N–H and O–H groups in total. The fraction of sp³-hybridized carbons (Fsp3) is 0.571. The first kappa shape index (κ1) is 15.4. The number of aliphatic hydroxyl groups is 1. The molecular weight excluding hydrogens is 244 g/mol. The zero-order valence-corrected chi connectivity index (χ0v) is 11.7. The molecule has 19 heavy (non-hydrogen) atoms. The van der Waals surface area contributed by atoms with E-state index in [4.69, 9.17) is 0 Å². The number of anilines is 1. The van der Waals surface area contributed by atoms with E-state index in [0.717, 1.165) is 18.5 Å². The molecule has 0 aliphatic heterocycles. The number of hydrogen-bond acceptors (Lipinski definition) is 4. The summed E-state index contributed by atoms with van der Waals surface area (Å²) in [7, 11) is 0. The lowest BCUT2D eigenvalue weighted by atomic mass is 9.95. The molecule has 0 radical (unpaired) electrons. The molecule has 0 spiro atoms. The Bertz CT molecular complexity index is 413. The van der Waals surface area contributed by atoms with Crippen molar-refractivity contribution in [2.45, 2.75) is 39.2 Å². The smallest absolute Gasteiger partial charge is 0.269 e. The summed E-state index contributed by atoms with van der Waals surface area (Å²) in [5.41, 5.74) is 0.0685. The molecule has 0 saturated heterocycles. The Morgan fingerprint density at radius 1 is 1.37 bits per heavy atom. The van der Waals surface area contributed by atoms with Crippen LogP contribution in [0.15, 0.2) is 24.3 Å². The van der Waals surface area contributed by atoms with Crippen LogP contribution >= 0.6 is 0 Å². The van der Waals surface area contributed by atoms with Crippen molar-refractivity contribution >= 4 is 11.4 Å². The highest BCUT2D eigenvalue weighted by atomic mass is 16.6. The number of nitro benzene ring substituents is 1. The Kier molecular flexibility index (Phi) is 5.30. The van der Waals surface area contributed by atoms with Crippen LogP contribution in [0.2, 0.25) is 0 Å². The molecule has 0 aliphatic carbocycles. The maximum absolute atomic E-state index is 10.5. The van der Waals surface area contributed by atoms with Crippen molar-refractivity contribution in [3.8, 4) is 0 Å². The third-order valence-corrected chi connectivity index (χ3v) is 3.01. The number of nitrogens with zero attached hydrogens (tertiary/aromatic N) is 1. The summed E-state index contributed by atoms with van der Waals surface area (Å²) in [5, 5.41) is 23.8. The molecule has 5 heteroatoms. The molecule has 1 aromatic carbocycles. The van der Waals surface area contributed by atoms with Crippen molar-refractivity contribution < 1.29 is 10.0 Å². The average molecular weight is 266 g/mol. The summed E-state index contributed by atoms with van der Waals surface area (Å²) >= 11 is 0. The van der Waals surface area contributed by atoms with Crippen LogP contribution in [0.1, 0.15) is 33.6 Å². The van der Waals surface area contributed by atoms with Crippen molar-refractivity contribution in [1.82, 2.24) is 0 Å². The van der Waals surface area contributed by atoms with Crippen molar-refractivity contribution in [2.24, 2.45) is 5.92 Å². The fourth-order valence-corrected chi connectivity index (χ4v) is 1.68. The van der Waals surface area contributed by atoms with E-state index in [0.29, 0.717) is 12.5 Å². The van der Waals surface area contributed by atoms with Crippen molar-refractivity contribution in [2.75, 3.05) is 11.9 Å². The maximum atomic E-state index is 10.5. The third-order valence-electron chi connectivity index (χ3n) is 3.01. The lowest BCUT2D eigenvalue weighted by molar-refractivity contribution is -0.384. The van der Waals surface area contributed by atoms with Gasteiger partial charge in [0.15, 0.2) is 0 Å². The molecule has 0 amide bonds.